The molecule has 6 nitrogen and oxygen atoms in total. The fourth-order valence-electron chi connectivity index (χ4n) is 3.21. The number of piperazine rings is 1. The molecule has 24 heavy (non-hydrogen) atoms. The van der Waals surface area contributed by atoms with Crippen molar-refractivity contribution in [2.45, 2.75) is 26.0 Å². The van der Waals surface area contributed by atoms with Gasteiger partial charge in [-0.25, -0.2) is 4.98 Å². The molecule has 128 valence electrons. The molecule has 3 N–H and O–H groups in total. The number of nitrogens with two attached hydrogens (primary N) is 1. The first kappa shape index (κ1) is 16.7. The van der Waals surface area contributed by atoms with Gasteiger partial charge in [0.05, 0.1) is 6.10 Å². The molecule has 6 heteroatoms. The van der Waals surface area contributed by atoms with E-state index in [2.05, 4.69) is 26.7 Å². The number of hydrogen-bond acceptors (Lipinski definition) is 6. The van der Waals surface area contributed by atoms with E-state index in [-0.39, 0.29) is 0 Å². The van der Waals surface area contributed by atoms with E-state index >= 15 is 0 Å². The summed E-state index contributed by atoms with van der Waals surface area (Å²) in [6, 6.07) is 12.1. The number of β-amino-alcohol motifs (C(OH)–C–C–N with tert-alkyl or cyclic N) is 1. The maximum absolute atomic E-state index is 10.5. The summed E-state index contributed by atoms with van der Waals surface area (Å²) in [6.45, 7) is 7.36. The first-order valence-corrected chi connectivity index (χ1v) is 8.36. The maximum atomic E-state index is 10.5. The third-order valence-corrected chi connectivity index (χ3v) is 4.54. The second-order valence-corrected chi connectivity index (χ2v) is 6.44. The number of hydrogen-bond donors (Lipinski definition) is 2. The lowest BCUT2D eigenvalue weighted by atomic mass is 10.1. The van der Waals surface area contributed by atoms with Gasteiger partial charge in [-0.3, -0.25) is 4.90 Å². The van der Waals surface area contributed by atoms with E-state index in [1.165, 1.54) is 0 Å². The highest BCUT2D eigenvalue weighted by Crippen LogP contribution is 2.21. The number of anilines is 2. The molecule has 2 atom stereocenters. The van der Waals surface area contributed by atoms with Crippen LogP contribution in [0.2, 0.25) is 0 Å². The summed E-state index contributed by atoms with van der Waals surface area (Å²) in [5.74, 6) is 1.20. The van der Waals surface area contributed by atoms with Crippen LogP contribution in [0.1, 0.15) is 24.3 Å². The van der Waals surface area contributed by atoms with Crippen molar-refractivity contribution in [1.82, 2.24) is 14.9 Å². The molecule has 0 spiro atoms. The Kier molecular flexibility index (Phi) is 4.97. The molecule has 0 aliphatic carbocycles. The summed E-state index contributed by atoms with van der Waals surface area (Å²) in [6.07, 6.45) is -0.461. The standard InChI is InChI=1S/C18H25N5O/c1-13-10-17(21-18(19)20-13)23-9-8-22(14(2)11-23)12-16(24)15-6-4-3-5-7-15/h3-7,10,14,16,24H,8-9,11-12H2,1-2H3,(H2,19,20,21)/t14-,16-/m1/s1. The Morgan fingerprint density at radius 1 is 1.25 bits per heavy atom. The molecule has 0 unspecified atom stereocenters. The molecule has 0 bridgehead atoms. The van der Waals surface area contributed by atoms with Crippen LogP contribution in [0.3, 0.4) is 0 Å². The molecule has 1 saturated heterocycles. The molecule has 1 fully saturated rings. The third kappa shape index (κ3) is 3.83. The van der Waals surface area contributed by atoms with Crippen LogP contribution in [0, 0.1) is 6.92 Å². The molecule has 0 amide bonds. The highest BCUT2D eigenvalue weighted by Gasteiger charge is 2.26. The van der Waals surface area contributed by atoms with Crippen molar-refractivity contribution >= 4 is 11.8 Å². The zero-order valence-electron chi connectivity index (χ0n) is 14.3. The average Bonchev–Trinajstić information content (AvgIpc) is 2.56. The van der Waals surface area contributed by atoms with Gasteiger partial charge in [-0.05, 0) is 19.4 Å². The highest BCUT2D eigenvalue weighted by atomic mass is 16.3. The number of aryl methyl sites for hydroxylation is 1. The summed E-state index contributed by atoms with van der Waals surface area (Å²) in [5, 5.41) is 10.5. The van der Waals surface area contributed by atoms with Crippen LogP contribution >= 0.6 is 0 Å². The topological polar surface area (TPSA) is 78.5 Å². The Labute approximate surface area is 142 Å². The highest BCUT2D eigenvalue weighted by molar-refractivity contribution is 5.44. The van der Waals surface area contributed by atoms with Gasteiger partial charge < -0.3 is 15.7 Å². The predicted octanol–water partition coefficient (Wildman–Crippen LogP) is 1.61. The Balaban J connectivity index is 1.63. The van der Waals surface area contributed by atoms with Gasteiger partial charge >= 0.3 is 0 Å². The molecular formula is C18H25N5O. The first-order valence-electron chi connectivity index (χ1n) is 8.36. The average molecular weight is 327 g/mol. The van der Waals surface area contributed by atoms with E-state index in [1.54, 1.807) is 0 Å². The Morgan fingerprint density at radius 3 is 2.67 bits per heavy atom. The Hall–Kier alpha value is -2.18. The smallest absolute Gasteiger partial charge is 0.222 e. The van der Waals surface area contributed by atoms with Gasteiger partial charge in [0.25, 0.3) is 0 Å². The minimum Gasteiger partial charge on any atom is -0.387 e. The molecule has 0 radical (unpaired) electrons. The van der Waals surface area contributed by atoms with Crippen LogP contribution < -0.4 is 10.6 Å². The van der Waals surface area contributed by atoms with E-state index in [4.69, 9.17) is 5.73 Å². The minimum atomic E-state index is -0.461. The van der Waals surface area contributed by atoms with Gasteiger partial charge in [-0.15, -0.1) is 0 Å². The van der Waals surface area contributed by atoms with Crippen molar-refractivity contribution in [3.8, 4) is 0 Å². The van der Waals surface area contributed by atoms with Gasteiger partial charge in [0.1, 0.15) is 5.82 Å². The van der Waals surface area contributed by atoms with Crippen LogP contribution in [0.5, 0.6) is 0 Å². The monoisotopic (exact) mass is 327 g/mol. The van der Waals surface area contributed by atoms with Crippen molar-refractivity contribution in [2.75, 3.05) is 36.8 Å². The van der Waals surface area contributed by atoms with E-state index in [9.17, 15) is 5.11 Å². The molecule has 2 aromatic rings. The summed E-state index contributed by atoms with van der Waals surface area (Å²) >= 11 is 0. The van der Waals surface area contributed by atoms with Crippen molar-refractivity contribution < 1.29 is 5.11 Å². The predicted molar refractivity (Wildman–Crippen MR) is 95.8 cm³/mol. The number of aliphatic hydroxyl groups excluding tert-OH is 1. The van der Waals surface area contributed by atoms with Crippen LogP contribution in [-0.2, 0) is 0 Å². The van der Waals surface area contributed by atoms with Crippen LogP contribution in [-0.4, -0.2) is 52.2 Å². The van der Waals surface area contributed by atoms with Crippen molar-refractivity contribution in [1.29, 1.82) is 0 Å². The normalized spacial score (nSPS) is 20.1. The van der Waals surface area contributed by atoms with Crippen molar-refractivity contribution in [3.05, 3.63) is 47.7 Å². The number of aliphatic hydroxyl groups is 1. The van der Waals surface area contributed by atoms with E-state index in [1.807, 2.05) is 43.3 Å². The van der Waals surface area contributed by atoms with E-state index < -0.39 is 6.10 Å². The summed E-state index contributed by atoms with van der Waals surface area (Å²) in [5.41, 5.74) is 7.61. The van der Waals surface area contributed by atoms with Gasteiger partial charge in [-0.1, -0.05) is 30.3 Å². The molecule has 0 saturated carbocycles. The quantitative estimate of drug-likeness (QED) is 0.888. The lowest BCUT2D eigenvalue weighted by Gasteiger charge is -2.41. The van der Waals surface area contributed by atoms with Crippen LogP contribution in [0.15, 0.2) is 36.4 Å². The fourth-order valence-corrected chi connectivity index (χ4v) is 3.21. The van der Waals surface area contributed by atoms with E-state index in [0.717, 1.165) is 36.7 Å². The lowest BCUT2D eigenvalue weighted by Crippen LogP contribution is -2.53. The van der Waals surface area contributed by atoms with Gasteiger partial charge in [0.15, 0.2) is 0 Å². The number of aromatic nitrogens is 2. The number of nitrogens with zero attached hydrogens (tertiary/aromatic N) is 4. The molecule has 1 aliphatic heterocycles. The first-order chi connectivity index (χ1) is 11.5. The zero-order chi connectivity index (χ0) is 17.1. The molecular weight excluding hydrogens is 302 g/mol. The maximum Gasteiger partial charge on any atom is 0.222 e. The van der Waals surface area contributed by atoms with Gasteiger partial charge in [-0.2, -0.15) is 4.98 Å². The number of nitrogen functional groups attached to an aromatic ring is 1. The molecule has 1 aromatic carbocycles. The van der Waals surface area contributed by atoms with E-state index in [0.29, 0.717) is 18.5 Å². The number of benzene rings is 1. The van der Waals surface area contributed by atoms with Crippen LogP contribution in [0.25, 0.3) is 0 Å². The summed E-state index contributed by atoms with van der Waals surface area (Å²) in [4.78, 5) is 13.0. The fraction of sp³-hybridized carbons (Fsp3) is 0.444. The second-order valence-electron chi connectivity index (χ2n) is 6.44. The van der Waals surface area contributed by atoms with Crippen molar-refractivity contribution in [2.24, 2.45) is 0 Å². The lowest BCUT2D eigenvalue weighted by molar-refractivity contribution is 0.0848. The Bertz CT molecular complexity index is 658. The summed E-state index contributed by atoms with van der Waals surface area (Å²) < 4.78 is 0. The van der Waals surface area contributed by atoms with Crippen molar-refractivity contribution in [3.63, 3.8) is 0 Å². The molecule has 3 rings (SSSR count). The van der Waals surface area contributed by atoms with Gasteiger partial charge in [0, 0.05) is 44.0 Å². The molecule has 1 aromatic heterocycles. The largest absolute Gasteiger partial charge is 0.387 e. The third-order valence-electron chi connectivity index (χ3n) is 4.54. The second kappa shape index (κ2) is 7.15. The Morgan fingerprint density at radius 2 is 2.00 bits per heavy atom. The number of rotatable bonds is 4. The van der Waals surface area contributed by atoms with Crippen LogP contribution in [0.4, 0.5) is 11.8 Å². The molecule has 1 aliphatic rings. The molecule has 2 heterocycles. The zero-order valence-corrected chi connectivity index (χ0v) is 14.3. The SMILES string of the molecule is Cc1cc(N2CCN(C[C@@H](O)c3ccccc3)[C@H](C)C2)nc(N)n1. The summed E-state index contributed by atoms with van der Waals surface area (Å²) in [7, 11) is 0. The van der Waals surface area contributed by atoms with Gasteiger partial charge in [0.2, 0.25) is 5.95 Å². The minimum absolute atomic E-state index is 0.319.